The van der Waals surface area contributed by atoms with E-state index < -0.39 is 17.7 Å². The molecule has 0 radical (unpaired) electrons. The molecule has 1 fully saturated rings. The minimum atomic E-state index is -0.782. The molecule has 0 saturated carbocycles. The average Bonchev–Trinajstić information content (AvgIpc) is 3.05. The number of rotatable bonds is 5. The summed E-state index contributed by atoms with van der Waals surface area (Å²) in [4.78, 5) is 35.6. The van der Waals surface area contributed by atoms with Gasteiger partial charge in [0.25, 0.3) is 11.7 Å². The summed E-state index contributed by atoms with van der Waals surface area (Å²) in [5.41, 5.74) is 1.72. The van der Waals surface area contributed by atoms with E-state index in [1.807, 2.05) is 6.07 Å². The molecule has 3 aromatic rings. The van der Waals surface area contributed by atoms with Crippen LogP contribution in [0.5, 0.6) is 5.75 Å². The van der Waals surface area contributed by atoms with E-state index in [0.717, 1.165) is 0 Å². The van der Waals surface area contributed by atoms with Crippen LogP contribution in [0.2, 0.25) is 0 Å². The molecule has 1 aliphatic rings. The van der Waals surface area contributed by atoms with Crippen molar-refractivity contribution in [3.05, 3.63) is 95.6 Å². The summed E-state index contributed by atoms with van der Waals surface area (Å²) in [6, 6.07) is 14.9. The molecule has 1 unspecified atom stereocenters. The van der Waals surface area contributed by atoms with Crippen LogP contribution in [-0.2, 0) is 16.1 Å². The lowest BCUT2D eigenvalue weighted by Gasteiger charge is -2.25. The van der Waals surface area contributed by atoms with Crippen molar-refractivity contribution in [1.82, 2.24) is 14.9 Å². The van der Waals surface area contributed by atoms with Crippen LogP contribution in [-0.4, -0.2) is 38.8 Å². The highest BCUT2D eigenvalue weighted by atomic mass is 16.5. The summed E-state index contributed by atoms with van der Waals surface area (Å²) >= 11 is 0. The van der Waals surface area contributed by atoms with E-state index in [-0.39, 0.29) is 17.9 Å². The topological polar surface area (TPSA) is 92.6 Å². The second-order valence-electron chi connectivity index (χ2n) is 6.76. The monoisotopic (exact) mass is 401 g/mol. The third-order valence-corrected chi connectivity index (χ3v) is 4.96. The summed E-state index contributed by atoms with van der Waals surface area (Å²) in [5, 5.41) is 11.0. The number of aliphatic hydroxyl groups excluding tert-OH is 1. The number of aromatic nitrogens is 2. The summed E-state index contributed by atoms with van der Waals surface area (Å²) in [6.45, 7) is 0.125. The first-order chi connectivity index (χ1) is 14.6. The van der Waals surface area contributed by atoms with Crippen LogP contribution in [0.4, 0.5) is 0 Å². The maximum Gasteiger partial charge on any atom is 0.296 e. The number of carbonyl (C=O) groups is 2. The minimum absolute atomic E-state index is 0.0235. The van der Waals surface area contributed by atoms with Crippen LogP contribution in [0.15, 0.2) is 78.8 Å². The molecule has 0 bridgehead atoms. The molecular formula is C23H19N3O4. The van der Waals surface area contributed by atoms with Crippen LogP contribution in [0.25, 0.3) is 5.76 Å². The number of nitrogens with zero attached hydrogens (tertiary/aromatic N) is 3. The molecule has 3 heterocycles. The summed E-state index contributed by atoms with van der Waals surface area (Å²) < 4.78 is 5.31. The van der Waals surface area contributed by atoms with Crippen molar-refractivity contribution in [3.8, 4) is 5.75 Å². The molecule has 1 saturated heterocycles. The van der Waals surface area contributed by atoms with Gasteiger partial charge < -0.3 is 14.7 Å². The van der Waals surface area contributed by atoms with Crippen LogP contribution in [0.3, 0.4) is 0 Å². The number of benzene rings is 1. The zero-order chi connectivity index (χ0) is 21.1. The van der Waals surface area contributed by atoms with E-state index >= 15 is 0 Å². The highest BCUT2D eigenvalue weighted by Crippen LogP contribution is 2.40. The Kier molecular flexibility index (Phi) is 5.26. The molecule has 150 valence electrons. The van der Waals surface area contributed by atoms with Gasteiger partial charge in [0.1, 0.15) is 11.5 Å². The van der Waals surface area contributed by atoms with Gasteiger partial charge in [-0.15, -0.1) is 0 Å². The molecule has 1 aliphatic heterocycles. The van der Waals surface area contributed by atoms with Crippen molar-refractivity contribution in [2.45, 2.75) is 12.6 Å². The lowest BCUT2D eigenvalue weighted by molar-refractivity contribution is -0.140. The first-order valence-corrected chi connectivity index (χ1v) is 9.33. The van der Waals surface area contributed by atoms with Crippen molar-refractivity contribution >= 4 is 17.4 Å². The Morgan fingerprint density at radius 1 is 1.07 bits per heavy atom. The maximum absolute atomic E-state index is 13.0. The van der Waals surface area contributed by atoms with Crippen molar-refractivity contribution in [3.63, 3.8) is 0 Å². The number of methoxy groups -OCH3 is 1. The molecule has 7 nitrogen and oxygen atoms in total. The number of pyridine rings is 2. The van der Waals surface area contributed by atoms with Gasteiger partial charge >= 0.3 is 0 Å². The molecule has 2 aromatic heterocycles. The average molecular weight is 401 g/mol. The largest absolute Gasteiger partial charge is 0.507 e. The van der Waals surface area contributed by atoms with Crippen molar-refractivity contribution in [1.29, 1.82) is 0 Å². The standard InChI is InChI=1S/C23H19N3O4/c1-30-18-7-4-5-16(13-18)20-19(21(27)15-8-11-24-12-9-15)22(28)23(29)26(20)14-17-6-2-3-10-25-17/h2-13,20,27H,14H2,1H3/b21-19-. The molecule has 0 spiro atoms. The Hall–Kier alpha value is -4.00. The molecule has 1 amide bonds. The molecule has 7 heteroatoms. The molecule has 0 aliphatic carbocycles. The predicted octanol–water partition coefficient (Wildman–Crippen LogP) is 3.11. The third-order valence-electron chi connectivity index (χ3n) is 4.96. The van der Waals surface area contributed by atoms with Gasteiger partial charge in [-0.05, 0) is 42.0 Å². The number of carbonyl (C=O) groups excluding carboxylic acids is 2. The van der Waals surface area contributed by atoms with Gasteiger partial charge in [0.2, 0.25) is 0 Å². The second-order valence-corrected chi connectivity index (χ2v) is 6.76. The Balaban J connectivity index is 1.87. The molecule has 1 aromatic carbocycles. The van der Waals surface area contributed by atoms with Gasteiger partial charge in [0, 0.05) is 24.2 Å². The Bertz CT molecular complexity index is 1110. The normalized spacial score (nSPS) is 17.9. The second kappa shape index (κ2) is 8.16. The molecular weight excluding hydrogens is 382 g/mol. The SMILES string of the molecule is COc1cccc(C2/C(=C(/O)c3ccncc3)C(=O)C(=O)N2Cc2ccccn2)c1. The molecule has 30 heavy (non-hydrogen) atoms. The number of aliphatic hydroxyl groups is 1. The fourth-order valence-corrected chi connectivity index (χ4v) is 3.53. The number of amides is 1. The first-order valence-electron chi connectivity index (χ1n) is 9.33. The highest BCUT2D eigenvalue weighted by molar-refractivity contribution is 6.46. The van der Waals surface area contributed by atoms with E-state index in [1.165, 1.54) is 17.3 Å². The van der Waals surface area contributed by atoms with Crippen molar-refractivity contribution < 1.29 is 19.4 Å². The number of hydrogen-bond acceptors (Lipinski definition) is 6. The maximum atomic E-state index is 13.0. The van der Waals surface area contributed by atoms with E-state index in [1.54, 1.807) is 61.8 Å². The van der Waals surface area contributed by atoms with Gasteiger partial charge in [-0.1, -0.05) is 18.2 Å². The molecule has 1 atom stereocenters. The number of hydrogen-bond donors (Lipinski definition) is 1. The Labute approximate surface area is 173 Å². The molecule has 1 N–H and O–H groups in total. The third kappa shape index (κ3) is 3.53. The minimum Gasteiger partial charge on any atom is -0.507 e. The predicted molar refractivity (Wildman–Crippen MR) is 109 cm³/mol. The van der Waals surface area contributed by atoms with E-state index in [9.17, 15) is 14.7 Å². The van der Waals surface area contributed by atoms with Gasteiger partial charge in [-0.2, -0.15) is 0 Å². The van der Waals surface area contributed by atoms with Gasteiger partial charge in [0.15, 0.2) is 0 Å². The van der Waals surface area contributed by atoms with Crippen molar-refractivity contribution in [2.24, 2.45) is 0 Å². The number of ether oxygens (including phenoxy) is 1. The lowest BCUT2D eigenvalue weighted by Crippen LogP contribution is -2.29. The lowest BCUT2D eigenvalue weighted by atomic mass is 9.95. The summed E-state index contributed by atoms with van der Waals surface area (Å²) in [7, 11) is 1.54. The van der Waals surface area contributed by atoms with Crippen molar-refractivity contribution in [2.75, 3.05) is 7.11 Å². The summed E-state index contributed by atoms with van der Waals surface area (Å²) in [5.74, 6) is -1.09. The van der Waals surface area contributed by atoms with E-state index in [0.29, 0.717) is 22.6 Å². The van der Waals surface area contributed by atoms with E-state index in [2.05, 4.69) is 9.97 Å². The number of Topliss-reactive ketones (excluding diaryl/α,β-unsaturated/α-hetero) is 1. The van der Waals surface area contributed by atoms with Crippen LogP contribution in [0, 0.1) is 0 Å². The fraction of sp³-hybridized carbons (Fsp3) is 0.130. The summed E-state index contributed by atoms with van der Waals surface area (Å²) in [6.07, 6.45) is 4.66. The quantitative estimate of drug-likeness (QED) is 0.401. The Morgan fingerprint density at radius 2 is 1.87 bits per heavy atom. The van der Waals surface area contributed by atoms with Crippen LogP contribution >= 0.6 is 0 Å². The van der Waals surface area contributed by atoms with Gasteiger partial charge in [-0.25, -0.2) is 0 Å². The fourth-order valence-electron chi connectivity index (χ4n) is 3.53. The number of likely N-dealkylation sites (tertiary alicyclic amines) is 1. The van der Waals surface area contributed by atoms with E-state index in [4.69, 9.17) is 4.74 Å². The molecule has 4 rings (SSSR count). The van der Waals surface area contributed by atoms with Gasteiger partial charge in [0.05, 0.1) is 31.0 Å². The van der Waals surface area contributed by atoms with Crippen LogP contribution in [0.1, 0.15) is 22.9 Å². The van der Waals surface area contributed by atoms with Gasteiger partial charge in [-0.3, -0.25) is 19.6 Å². The Morgan fingerprint density at radius 3 is 2.57 bits per heavy atom. The highest BCUT2D eigenvalue weighted by Gasteiger charge is 2.46. The zero-order valence-corrected chi connectivity index (χ0v) is 16.2. The number of ketones is 1. The first kappa shape index (κ1) is 19.3. The smallest absolute Gasteiger partial charge is 0.296 e. The zero-order valence-electron chi connectivity index (χ0n) is 16.2. The van der Waals surface area contributed by atoms with Crippen LogP contribution < -0.4 is 4.74 Å².